The lowest BCUT2D eigenvalue weighted by molar-refractivity contribution is 0.320. The molecule has 1 N–H and O–H groups in total. The molecule has 56 valence electrons. The van der Waals surface area contributed by atoms with Gasteiger partial charge in [-0.3, -0.25) is 4.99 Å². The van der Waals surface area contributed by atoms with Crippen LogP contribution in [0, 0.1) is 0 Å². The normalized spacial score (nSPS) is 19.3. The van der Waals surface area contributed by atoms with E-state index >= 15 is 0 Å². The Balaban J connectivity index is 2.72. The molecule has 1 aliphatic rings. The van der Waals surface area contributed by atoms with E-state index in [-0.39, 0.29) is 6.61 Å². The van der Waals surface area contributed by atoms with E-state index in [0.717, 1.165) is 24.1 Å². The van der Waals surface area contributed by atoms with E-state index in [2.05, 4.69) is 11.7 Å². The van der Waals surface area contributed by atoms with Gasteiger partial charge in [-0.25, -0.2) is 0 Å². The molecule has 0 radical (unpaired) electrons. The van der Waals surface area contributed by atoms with Gasteiger partial charge in [0.15, 0.2) is 0 Å². The van der Waals surface area contributed by atoms with Crippen molar-refractivity contribution in [2.45, 2.75) is 25.7 Å². The third-order valence-corrected chi connectivity index (χ3v) is 1.93. The Morgan fingerprint density at radius 2 is 2.10 bits per heavy atom. The van der Waals surface area contributed by atoms with Crippen molar-refractivity contribution in [2.75, 3.05) is 6.61 Å². The largest absolute Gasteiger partial charge is 0.392 e. The SMILES string of the molecule is C=NC1=C(CO)CCCC1. The molecule has 0 aliphatic heterocycles. The first kappa shape index (κ1) is 7.48. The number of aliphatic imine (C=N–C) groups is 1. The molecule has 0 spiro atoms. The summed E-state index contributed by atoms with van der Waals surface area (Å²) in [5.41, 5.74) is 2.11. The summed E-state index contributed by atoms with van der Waals surface area (Å²) in [6.07, 6.45) is 4.39. The minimum Gasteiger partial charge on any atom is -0.392 e. The molecule has 2 heteroatoms. The molecule has 0 heterocycles. The van der Waals surface area contributed by atoms with Crippen molar-refractivity contribution in [1.82, 2.24) is 0 Å². The third kappa shape index (κ3) is 1.45. The maximum Gasteiger partial charge on any atom is 0.0662 e. The van der Waals surface area contributed by atoms with Gasteiger partial charge >= 0.3 is 0 Å². The second kappa shape index (κ2) is 3.52. The monoisotopic (exact) mass is 139 g/mol. The van der Waals surface area contributed by atoms with E-state index in [0.29, 0.717) is 0 Å². The Morgan fingerprint density at radius 3 is 2.60 bits per heavy atom. The Bertz CT molecular complexity index is 161. The molecule has 1 rings (SSSR count). The maximum atomic E-state index is 8.85. The van der Waals surface area contributed by atoms with Gasteiger partial charge in [-0.05, 0) is 38.0 Å². The van der Waals surface area contributed by atoms with Crippen molar-refractivity contribution < 1.29 is 5.11 Å². The number of hydrogen-bond donors (Lipinski definition) is 1. The van der Waals surface area contributed by atoms with Gasteiger partial charge in [-0.1, -0.05) is 0 Å². The molecule has 1 aliphatic carbocycles. The molecule has 0 bridgehead atoms. The molecule has 0 saturated carbocycles. The molecule has 0 aromatic rings. The fourth-order valence-corrected chi connectivity index (χ4v) is 1.31. The first-order valence-electron chi connectivity index (χ1n) is 3.67. The van der Waals surface area contributed by atoms with E-state index in [1.54, 1.807) is 0 Å². The summed E-state index contributed by atoms with van der Waals surface area (Å²) in [6.45, 7) is 3.62. The highest BCUT2D eigenvalue weighted by Gasteiger charge is 2.09. The summed E-state index contributed by atoms with van der Waals surface area (Å²) in [5, 5.41) is 8.85. The summed E-state index contributed by atoms with van der Waals surface area (Å²) >= 11 is 0. The molecule has 2 nitrogen and oxygen atoms in total. The van der Waals surface area contributed by atoms with Crippen LogP contribution in [0.25, 0.3) is 0 Å². The first-order chi connectivity index (χ1) is 4.88. The predicted octanol–water partition coefficient (Wildman–Crippen LogP) is 1.51. The molecule has 0 saturated heterocycles. The van der Waals surface area contributed by atoms with Crippen LogP contribution in [0.5, 0.6) is 0 Å². The Labute approximate surface area is 61.3 Å². The quantitative estimate of drug-likeness (QED) is 0.578. The van der Waals surface area contributed by atoms with Crippen molar-refractivity contribution in [3.63, 3.8) is 0 Å². The fraction of sp³-hybridized carbons (Fsp3) is 0.625. The fourth-order valence-electron chi connectivity index (χ4n) is 1.31. The number of rotatable bonds is 2. The lowest BCUT2D eigenvalue weighted by atomic mass is 9.97. The second-order valence-corrected chi connectivity index (χ2v) is 2.57. The number of allylic oxidation sites excluding steroid dienone is 1. The standard InChI is InChI=1S/C8H13NO/c1-9-8-5-3-2-4-7(8)6-10/h10H,1-6H2. The molecule has 0 unspecified atom stereocenters. The zero-order valence-electron chi connectivity index (χ0n) is 6.14. The van der Waals surface area contributed by atoms with Gasteiger partial charge in [0, 0.05) is 5.70 Å². The van der Waals surface area contributed by atoms with Crippen LogP contribution in [0.3, 0.4) is 0 Å². The summed E-state index contributed by atoms with van der Waals surface area (Å²) < 4.78 is 0. The van der Waals surface area contributed by atoms with Crippen LogP contribution in [0.1, 0.15) is 25.7 Å². The molecule has 0 fully saturated rings. The van der Waals surface area contributed by atoms with Gasteiger partial charge in [-0.15, -0.1) is 0 Å². The smallest absolute Gasteiger partial charge is 0.0662 e. The molecule has 0 amide bonds. The highest BCUT2D eigenvalue weighted by atomic mass is 16.3. The molecule has 0 atom stereocenters. The highest BCUT2D eigenvalue weighted by Crippen LogP contribution is 2.24. The van der Waals surface area contributed by atoms with Crippen LogP contribution in [0.2, 0.25) is 0 Å². The predicted molar refractivity (Wildman–Crippen MR) is 42.1 cm³/mol. The Morgan fingerprint density at radius 1 is 1.40 bits per heavy atom. The number of hydrogen-bond acceptors (Lipinski definition) is 2. The summed E-state index contributed by atoms with van der Waals surface area (Å²) in [7, 11) is 0. The van der Waals surface area contributed by atoms with Gasteiger partial charge in [0.05, 0.1) is 6.61 Å². The Kier molecular flexibility index (Phi) is 2.63. The summed E-state index contributed by atoms with van der Waals surface area (Å²) in [4.78, 5) is 3.87. The van der Waals surface area contributed by atoms with E-state index in [4.69, 9.17) is 5.11 Å². The molecule has 0 aromatic carbocycles. The molecule has 10 heavy (non-hydrogen) atoms. The Hall–Kier alpha value is -0.630. The van der Waals surface area contributed by atoms with E-state index < -0.39 is 0 Å². The van der Waals surface area contributed by atoms with Gasteiger partial charge in [0.1, 0.15) is 0 Å². The number of aliphatic hydroxyl groups is 1. The molecular formula is C8H13NO. The van der Waals surface area contributed by atoms with Crippen molar-refractivity contribution in [2.24, 2.45) is 4.99 Å². The lowest BCUT2D eigenvalue weighted by Gasteiger charge is -2.14. The van der Waals surface area contributed by atoms with E-state index in [9.17, 15) is 0 Å². The zero-order valence-corrected chi connectivity index (χ0v) is 6.14. The van der Waals surface area contributed by atoms with Crippen LogP contribution in [0.4, 0.5) is 0 Å². The minimum atomic E-state index is 0.161. The average molecular weight is 139 g/mol. The minimum absolute atomic E-state index is 0.161. The number of aliphatic hydroxyl groups excluding tert-OH is 1. The van der Waals surface area contributed by atoms with Crippen LogP contribution in [0.15, 0.2) is 16.3 Å². The van der Waals surface area contributed by atoms with Crippen LogP contribution >= 0.6 is 0 Å². The van der Waals surface area contributed by atoms with Gasteiger partial charge in [0.2, 0.25) is 0 Å². The summed E-state index contributed by atoms with van der Waals surface area (Å²) in [6, 6.07) is 0. The van der Waals surface area contributed by atoms with E-state index in [1.165, 1.54) is 12.8 Å². The lowest BCUT2D eigenvalue weighted by Crippen LogP contribution is -2.01. The zero-order chi connectivity index (χ0) is 7.40. The van der Waals surface area contributed by atoms with Crippen molar-refractivity contribution in [3.8, 4) is 0 Å². The van der Waals surface area contributed by atoms with Crippen molar-refractivity contribution in [3.05, 3.63) is 11.3 Å². The molecular weight excluding hydrogens is 126 g/mol. The van der Waals surface area contributed by atoms with Crippen LogP contribution in [-0.2, 0) is 0 Å². The topological polar surface area (TPSA) is 32.6 Å². The van der Waals surface area contributed by atoms with Crippen molar-refractivity contribution in [1.29, 1.82) is 0 Å². The first-order valence-corrected chi connectivity index (χ1v) is 3.67. The summed E-state index contributed by atoms with van der Waals surface area (Å²) in [5.74, 6) is 0. The maximum absolute atomic E-state index is 8.85. The number of nitrogens with zero attached hydrogens (tertiary/aromatic N) is 1. The van der Waals surface area contributed by atoms with Crippen molar-refractivity contribution >= 4 is 6.72 Å². The second-order valence-electron chi connectivity index (χ2n) is 2.57. The molecule has 0 aromatic heterocycles. The van der Waals surface area contributed by atoms with Crippen LogP contribution < -0.4 is 0 Å². The van der Waals surface area contributed by atoms with E-state index in [1.807, 2.05) is 0 Å². The third-order valence-electron chi connectivity index (χ3n) is 1.93. The average Bonchev–Trinajstić information content (AvgIpc) is 2.04. The highest BCUT2D eigenvalue weighted by molar-refractivity contribution is 5.31. The van der Waals surface area contributed by atoms with Gasteiger partial charge in [-0.2, -0.15) is 0 Å². The van der Waals surface area contributed by atoms with Gasteiger partial charge < -0.3 is 5.11 Å². The van der Waals surface area contributed by atoms with Crippen LogP contribution in [-0.4, -0.2) is 18.4 Å². The van der Waals surface area contributed by atoms with Gasteiger partial charge in [0.25, 0.3) is 0 Å².